The highest BCUT2D eigenvalue weighted by Crippen LogP contribution is 2.31. The van der Waals surface area contributed by atoms with Crippen molar-refractivity contribution < 1.29 is 9.53 Å². The first-order chi connectivity index (χ1) is 14.6. The fourth-order valence-corrected chi connectivity index (χ4v) is 4.55. The van der Waals surface area contributed by atoms with Crippen LogP contribution in [-0.2, 0) is 6.42 Å². The molecule has 1 amide bonds. The summed E-state index contributed by atoms with van der Waals surface area (Å²) >= 11 is 0. The number of fused-ring (bicyclic) bond motifs is 2. The van der Waals surface area contributed by atoms with Gasteiger partial charge in [-0.1, -0.05) is 38.1 Å². The molecule has 0 radical (unpaired) electrons. The van der Waals surface area contributed by atoms with Crippen molar-refractivity contribution in [1.82, 2.24) is 9.88 Å². The quantitative estimate of drug-likeness (QED) is 0.643. The Bertz CT molecular complexity index is 1140. The van der Waals surface area contributed by atoms with Crippen LogP contribution >= 0.6 is 0 Å². The van der Waals surface area contributed by atoms with Crippen molar-refractivity contribution in [2.24, 2.45) is 0 Å². The summed E-state index contributed by atoms with van der Waals surface area (Å²) in [7, 11) is 1.58. The fraction of sp³-hybridized carbons (Fsp3) is 0.360. The number of benzene rings is 2. The summed E-state index contributed by atoms with van der Waals surface area (Å²) in [5.74, 6) is 0.463. The van der Waals surface area contributed by atoms with Crippen LogP contribution in [0.3, 0.4) is 0 Å². The fourth-order valence-electron chi connectivity index (χ4n) is 4.55. The maximum atomic E-state index is 13.4. The van der Waals surface area contributed by atoms with E-state index in [1.807, 2.05) is 18.2 Å². The standard InChI is InChI=1S/C25H28N2O3/c1-4-17(5-2)27-15-22(20-12-11-18(30-3)14-21(20)25(27)29)24(28)26-23-13-10-16-8-6-7-9-19(16)23/h6-9,11-12,14-15,17,23H,4-5,10,13H2,1-3H3,(H,26,28). The molecule has 0 aliphatic heterocycles. The van der Waals surface area contributed by atoms with Crippen molar-refractivity contribution in [2.75, 3.05) is 7.11 Å². The molecule has 1 aliphatic rings. The van der Waals surface area contributed by atoms with Crippen LogP contribution in [0.4, 0.5) is 0 Å². The van der Waals surface area contributed by atoms with E-state index in [9.17, 15) is 9.59 Å². The Kier molecular flexibility index (Phi) is 5.62. The van der Waals surface area contributed by atoms with E-state index in [0.717, 1.165) is 25.7 Å². The zero-order valence-corrected chi connectivity index (χ0v) is 17.8. The van der Waals surface area contributed by atoms with Gasteiger partial charge >= 0.3 is 0 Å². The summed E-state index contributed by atoms with van der Waals surface area (Å²) in [6.07, 6.45) is 5.24. The van der Waals surface area contributed by atoms with Gasteiger partial charge in [-0.3, -0.25) is 9.59 Å². The summed E-state index contributed by atoms with van der Waals surface area (Å²) in [5.41, 5.74) is 2.92. The molecule has 0 fully saturated rings. The molecule has 4 rings (SSSR count). The number of hydrogen-bond acceptors (Lipinski definition) is 3. The molecule has 1 unspecified atom stereocenters. The molecule has 1 aromatic heterocycles. The third-order valence-electron chi connectivity index (χ3n) is 6.27. The van der Waals surface area contributed by atoms with Gasteiger partial charge in [0.2, 0.25) is 0 Å². The topological polar surface area (TPSA) is 60.3 Å². The Balaban J connectivity index is 1.80. The maximum Gasteiger partial charge on any atom is 0.258 e. The maximum absolute atomic E-state index is 13.4. The highest BCUT2D eigenvalue weighted by Gasteiger charge is 2.25. The molecule has 5 heteroatoms. The van der Waals surface area contributed by atoms with Crippen LogP contribution in [-0.4, -0.2) is 17.6 Å². The Hall–Kier alpha value is -3.08. The van der Waals surface area contributed by atoms with E-state index < -0.39 is 0 Å². The smallest absolute Gasteiger partial charge is 0.258 e. The first kappa shape index (κ1) is 20.2. The number of pyridine rings is 1. The van der Waals surface area contributed by atoms with Gasteiger partial charge in [-0.25, -0.2) is 0 Å². The van der Waals surface area contributed by atoms with E-state index in [4.69, 9.17) is 4.74 Å². The number of carbonyl (C=O) groups is 1. The third kappa shape index (κ3) is 3.49. The van der Waals surface area contributed by atoms with Crippen LogP contribution in [0.5, 0.6) is 5.75 Å². The number of ether oxygens (including phenoxy) is 1. The lowest BCUT2D eigenvalue weighted by molar-refractivity contribution is 0.0937. The molecule has 156 valence electrons. The minimum Gasteiger partial charge on any atom is -0.497 e. The van der Waals surface area contributed by atoms with Crippen molar-refractivity contribution in [3.8, 4) is 5.75 Å². The van der Waals surface area contributed by atoms with Crippen LogP contribution in [0.25, 0.3) is 10.8 Å². The first-order valence-electron chi connectivity index (χ1n) is 10.7. The van der Waals surface area contributed by atoms with Gasteiger partial charge in [-0.15, -0.1) is 0 Å². The molecule has 0 bridgehead atoms. The number of nitrogens with zero attached hydrogens (tertiary/aromatic N) is 1. The van der Waals surface area contributed by atoms with Crippen molar-refractivity contribution >= 4 is 16.7 Å². The predicted molar refractivity (Wildman–Crippen MR) is 119 cm³/mol. The summed E-state index contributed by atoms with van der Waals surface area (Å²) < 4.78 is 7.05. The first-order valence-corrected chi connectivity index (χ1v) is 10.7. The average Bonchev–Trinajstić information content (AvgIpc) is 3.18. The molecule has 0 saturated heterocycles. The molecule has 3 aromatic rings. The van der Waals surface area contributed by atoms with Crippen LogP contribution in [0.1, 0.15) is 66.7 Å². The summed E-state index contributed by atoms with van der Waals surface area (Å²) in [4.78, 5) is 26.6. The third-order valence-corrected chi connectivity index (χ3v) is 6.27. The van der Waals surface area contributed by atoms with Gasteiger partial charge < -0.3 is 14.6 Å². The molecule has 0 saturated carbocycles. The number of nitrogens with one attached hydrogen (secondary N) is 1. The molecule has 5 nitrogen and oxygen atoms in total. The molecular weight excluding hydrogens is 376 g/mol. The Morgan fingerprint density at radius 3 is 2.67 bits per heavy atom. The molecule has 0 spiro atoms. The lowest BCUT2D eigenvalue weighted by Crippen LogP contribution is -2.31. The minimum atomic E-state index is -0.147. The van der Waals surface area contributed by atoms with E-state index in [0.29, 0.717) is 22.1 Å². The molecule has 1 aliphatic carbocycles. The zero-order chi connectivity index (χ0) is 21.3. The van der Waals surface area contributed by atoms with Crippen LogP contribution in [0.15, 0.2) is 53.5 Å². The highest BCUT2D eigenvalue weighted by atomic mass is 16.5. The number of rotatable bonds is 6. The van der Waals surface area contributed by atoms with Crippen LogP contribution in [0.2, 0.25) is 0 Å². The molecular formula is C25H28N2O3. The normalized spacial score (nSPS) is 15.4. The summed E-state index contributed by atoms with van der Waals surface area (Å²) in [6, 6.07) is 13.6. The number of amides is 1. The van der Waals surface area contributed by atoms with Crippen LogP contribution in [0, 0.1) is 0 Å². The number of aryl methyl sites for hydroxylation is 1. The van der Waals surface area contributed by atoms with Gasteiger partial charge in [-0.05, 0) is 55.0 Å². The van der Waals surface area contributed by atoms with Gasteiger partial charge in [0, 0.05) is 17.6 Å². The highest BCUT2D eigenvalue weighted by molar-refractivity contribution is 6.07. The second-order valence-corrected chi connectivity index (χ2v) is 7.90. The average molecular weight is 405 g/mol. The van der Waals surface area contributed by atoms with E-state index in [1.165, 1.54) is 11.1 Å². The lowest BCUT2D eigenvalue weighted by Gasteiger charge is -2.20. The molecule has 1 N–H and O–H groups in total. The van der Waals surface area contributed by atoms with Gasteiger partial charge in [-0.2, -0.15) is 0 Å². The second-order valence-electron chi connectivity index (χ2n) is 7.90. The van der Waals surface area contributed by atoms with E-state index >= 15 is 0 Å². The Morgan fingerprint density at radius 1 is 1.17 bits per heavy atom. The van der Waals surface area contributed by atoms with Gasteiger partial charge in [0.25, 0.3) is 11.5 Å². The van der Waals surface area contributed by atoms with Crippen molar-refractivity contribution in [3.05, 3.63) is 75.7 Å². The van der Waals surface area contributed by atoms with Crippen molar-refractivity contribution in [1.29, 1.82) is 0 Å². The lowest BCUT2D eigenvalue weighted by atomic mass is 10.0. The zero-order valence-electron chi connectivity index (χ0n) is 17.8. The van der Waals surface area contributed by atoms with Crippen molar-refractivity contribution in [2.45, 2.75) is 51.6 Å². The van der Waals surface area contributed by atoms with Gasteiger partial charge in [0.15, 0.2) is 0 Å². The monoisotopic (exact) mass is 404 g/mol. The molecule has 1 heterocycles. The SMILES string of the molecule is CCC(CC)n1cc(C(=O)NC2CCc3ccccc32)c2ccc(OC)cc2c1=O. The molecule has 2 aromatic carbocycles. The predicted octanol–water partition coefficient (Wildman–Crippen LogP) is 4.79. The second kappa shape index (κ2) is 8.34. The minimum absolute atomic E-state index is 0.00414. The van der Waals surface area contributed by atoms with Gasteiger partial charge in [0.1, 0.15) is 5.75 Å². The summed E-state index contributed by atoms with van der Waals surface area (Å²) in [5, 5.41) is 4.38. The largest absolute Gasteiger partial charge is 0.497 e. The number of methoxy groups -OCH3 is 1. The summed E-state index contributed by atoms with van der Waals surface area (Å²) in [6.45, 7) is 4.12. The number of carbonyl (C=O) groups excluding carboxylic acids is 1. The Labute approximate surface area is 176 Å². The van der Waals surface area contributed by atoms with E-state index in [2.05, 4.69) is 31.3 Å². The molecule has 30 heavy (non-hydrogen) atoms. The van der Waals surface area contributed by atoms with E-state index in [1.54, 1.807) is 30.0 Å². The molecule has 1 atom stereocenters. The number of aromatic nitrogens is 1. The van der Waals surface area contributed by atoms with Gasteiger partial charge in [0.05, 0.1) is 24.1 Å². The Morgan fingerprint density at radius 2 is 1.93 bits per heavy atom. The van der Waals surface area contributed by atoms with Crippen molar-refractivity contribution in [3.63, 3.8) is 0 Å². The van der Waals surface area contributed by atoms with E-state index in [-0.39, 0.29) is 23.6 Å². The van der Waals surface area contributed by atoms with Crippen LogP contribution < -0.4 is 15.6 Å². The number of hydrogen-bond donors (Lipinski definition) is 1.